The quantitative estimate of drug-likeness (QED) is 0.753. The molecular formula is C12H25NO3S. The second-order valence-corrected chi connectivity index (χ2v) is 7.14. The molecule has 0 radical (unpaired) electrons. The first kappa shape index (κ1) is 14.9. The molecule has 0 aliphatic carbocycles. The smallest absolute Gasteiger partial charge is 0.156 e. The van der Waals surface area contributed by atoms with Crippen LogP contribution in [0, 0.1) is 0 Å². The summed E-state index contributed by atoms with van der Waals surface area (Å²) >= 11 is 0. The summed E-state index contributed by atoms with van der Waals surface area (Å²) in [4.78, 5) is 0. The van der Waals surface area contributed by atoms with Crippen LogP contribution in [0.25, 0.3) is 0 Å². The highest BCUT2D eigenvalue weighted by Gasteiger charge is 2.31. The first-order valence-corrected chi connectivity index (χ1v) is 8.29. The molecular weight excluding hydrogens is 238 g/mol. The molecule has 1 saturated heterocycles. The van der Waals surface area contributed by atoms with E-state index in [1.54, 1.807) is 6.92 Å². The lowest BCUT2D eigenvalue weighted by Crippen LogP contribution is -2.44. The Balaban J connectivity index is 2.60. The maximum atomic E-state index is 12.2. The highest BCUT2D eigenvalue weighted by atomic mass is 32.2. The van der Waals surface area contributed by atoms with Gasteiger partial charge in [-0.05, 0) is 32.7 Å². The molecule has 1 fully saturated rings. The molecule has 1 N–H and O–H groups in total. The van der Waals surface area contributed by atoms with E-state index in [1.807, 2.05) is 13.8 Å². The fourth-order valence-electron chi connectivity index (χ4n) is 2.34. The van der Waals surface area contributed by atoms with Crippen molar-refractivity contribution in [1.82, 2.24) is 5.32 Å². The van der Waals surface area contributed by atoms with Crippen molar-refractivity contribution in [3.05, 3.63) is 0 Å². The Morgan fingerprint density at radius 2 is 2.12 bits per heavy atom. The molecule has 102 valence electrons. The summed E-state index contributed by atoms with van der Waals surface area (Å²) in [5, 5.41) is 2.91. The molecule has 5 heteroatoms. The van der Waals surface area contributed by atoms with Gasteiger partial charge >= 0.3 is 0 Å². The van der Waals surface area contributed by atoms with Gasteiger partial charge in [-0.2, -0.15) is 0 Å². The lowest BCUT2D eigenvalue weighted by molar-refractivity contribution is 0.127. The molecule has 0 bridgehead atoms. The Morgan fingerprint density at radius 3 is 2.59 bits per heavy atom. The van der Waals surface area contributed by atoms with Gasteiger partial charge in [0.1, 0.15) is 0 Å². The zero-order valence-electron chi connectivity index (χ0n) is 11.1. The Bertz CT molecular complexity index is 310. The summed E-state index contributed by atoms with van der Waals surface area (Å²) in [6, 6.07) is 0.0476. The van der Waals surface area contributed by atoms with E-state index in [2.05, 4.69) is 5.32 Å². The van der Waals surface area contributed by atoms with Gasteiger partial charge < -0.3 is 10.1 Å². The van der Waals surface area contributed by atoms with Crippen LogP contribution in [0.3, 0.4) is 0 Å². The van der Waals surface area contributed by atoms with Crippen molar-refractivity contribution in [2.45, 2.75) is 57.4 Å². The monoisotopic (exact) mass is 263 g/mol. The van der Waals surface area contributed by atoms with Crippen LogP contribution in [-0.4, -0.2) is 44.7 Å². The van der Waals surface area contributed by atoms with Gasteiger partial charge in [-0.3, -0.25) is 0 Å². The number of sulfone groups is 1. The van der Waals surface area contributed by atoms with Crippen LogP contribution >= 0.6 is 0 Å². The SMILES string of the molecule is CCNC(CC)C(C)S(=O)(=O)CC1CCCO1. The molecule has 1 aliphatic heterocycles. The third-order valence-electron chi connectivity index (χ3n) is 3.48. The minimum absolute atomic E-state index is 0.0476. The molecule has 3 atom stereocenters. The molecule has 3 unspecified atom stereocenters. The predicted molar refractivity (Wildman–Crippen MR) is 70.0 cm³/mol. The van der Waals surface area contributed by atoms with Gasteiger partial charge in [0.25, 0.3) is 0 Å². The van der Waals surface area contributed by atoms with Gasteiger partial charge in [-0.25, -0.2) is 8.42 Å². The minimum Gasteiger partial charge on any atom is -0.377 e. The Hall–Kier alpha value is -0.130. The van der Waals surface area contributed by atoms with E-state index in [0.717, 1.165) is 25.8 Å². The number of nitrogens with one attached hydrogen (secondary N) is 1. The van der Waals surface area contributed by atoms with E-state index in [1.165, 1.54) is 0 Å². The molecule has 0 aromatic carbocycles. The van der Waals surface area contributed by atoms with E-state index in [-0.39, 0.29) is 23.1 Å². The summed E-state index contributed by atoms with van der Waals surface area (Å²) in [6.45, 7) is 7.34. The zero-order chi connectivity index (χ0) is 12.9. The van der Waals surface area contributed by atoms with Crippen molar-refractivity contribution in [3.8, 4) is 0 Å². The van der Waals surface area contributed by atoms with Crippen LogP contribution in [0.4, 0.5) is 0 Å². The third kappa shape index (κ3) is 4.23. The standard InChI is InChI=1S/C12H25NO3S/c1-4-12(13-5-2)10(3)17(14,15)9-11-7-6-8-16-11/h10-13H,4-9H2,1-3H3. The van der Waals surface area contributed by atoms with E-state index >= 15 is 0 Å². The maximum absolute atomic E-state index is 12.2. The highest BCUT2D eigenvalue weighted by molar-refractivity contribution is 7.92. The molecule has 0 amide bonds. The van der Waals surface area contributed by atoms with E-state index < -0.39 is 9.84 Å². The third-order valence-corrected chi connectivity index (χ3v) is 5.78. The lowest BCUT2D eigenvalue weighted by atomic mass is 10.2. The molecule has 0 aromatic rings. The first-order valence-electron chi connectivity index (χ1n) is 6.57. The van der Waals surface area contributed by atoms with Crippen molar-refractivity contribution >= 4 is 9.84 Å². The molecule has 17 heavy (non-hydrogen) atoms. The highest BCUT2D eigenvalue weighted by Crippen LogP contribution is 2.18. The van der Waals surface area contributed by atoms with E-state index in [9.17, 15) is 8.42 Å². The number of rotatable bonds is 7. The van der Waals surface area contributed by atoms with Gasteiger partial charge in [0, 0.05) is 12.6 Å². The molecule has 0 spiro atoms. The van der Waals surface area contributed by atoms with Crippen LogP contribution in [0.5, 0.6) is 0 Å². The van der Waals surface area contributed by atoms with Crippen LogP contribution in [0.15, 0.2) is 0 Å². The lowest BCUT2D eigenvalue weighted by Gasteiger charge is -2.24. The molecule has 1 rings (SSSR count). The van der Waals surface area contributed by atoms with Crippen LogP contribution in [-0.2, 0) is 14.6 Å². The van der Waals surface area contributed by atoms with E-state index in [0.29, 0.717) is 6.61 Å². The van der Waals surface area contributed by atoms with Crippen molar-refractivity contribution < 1.29 is 13.2 Å². The number of hydrogen-bond donors (Lipinski definition) is 1. The topological polar surface area (TPSA) is 55.4 Å². The summed E-state index contributed by atoms with van der Waals surface area (Å²) in [5.74, 6) is 0.177. The van der Waals surface area contributed by atoms with Crippen molar-refractivity contribution in [1.29, 1.82) is 0 Å². The Labute approximate surface area is 105 Å². The summed E-state index contributed by atoms with van der Waals surface area (Å²) in [6.07, 6.45) is 2.62. The second-order valence-electron chi connectivity index (χ2n) is 4.74. The molecule has 4 nitrogen and oxygen atoms in total. The summed E-state index contributed by atoms with van der Waals surface area (Å²) < 4.78 is 29.9. The van der Waals surface area contributed by atoms with Gasteiger partial charge in [-0.15, -0.1) is 0 Å². The minimum atomic E-state index is -3.06. The van der Waals surface area contributed by atoms with Crippen LogP contribution in [0.1, 0.15) is 40.0 Å². The molecule has 1 heterocycles. The first-order chi connectivity index (χ1) is 8.01. The zero-order valence-corrected chi connectivity index (χ0v) is 11.9. The van der Waals surface area contributed by atoms with E-state index in [4.69, 9.17) is 4.74 Å². The van der Waals surface area contributed by atoms with Crippen LogP contribution in [0.2, 0.25) is 0 Å². The number of hydrogen-bond acceptors (Lipinski definition) is 4. The fraction of sp³-hybridized carbons (Fsp3) is 1.00. The largest absolute Gasteiger partial charge is 0.377 e. The van der Waals surface area contributed by atoms with Crippen molar-refractivity contribution in [3.63, 3.8) is 0 Å². The van der Waals surface area contributed by atoms with Crippen LogP contribution < -0.4 is 5.32 Å². The van der Waals surface area contributed by atoms with Gasteiger partial charge in [0.15, 0.2) is 9.84 Å². The summed E-state index contributed by atoms with van der Waals surface area (Å²) in [5.41, 5.74) is 0. The number of ether oxygens (including phenoxy) is 1. The second kappa shape index (κ2) is 6.71. The molecule has 0 saturated carbocycles. The summed E-state index contributed by atoms with van der Waals surface area (Å²) in [7, 11) is -3.06. The molecule has 1 aliphatic rings. The fourth-order valence-corrected chi connectivity index (χ4v) is 4.22. The average molecular weight is 263 g/mol. The maximum Gasteiger partial charge on any atom is 0.156 e. The van der Waals surface area contributed by atoms with Crippen molar-refractivity contribution in [2.24, 2.45) is 0 Å². The Kier molecular flexibility index (Phi) is 5.89. The Morgan fingerprint density at radius 1 is 1.41 bits per heavy atom. The van der Waals surface area contributed by atoms with Gasteiger partial charge in [-0.1, -0.05) is 13.8 Å². The van der Waals surface area contributed by atoms with Gasteiger partial charge in [0.05, 0.1) is 17.1 Å². The van der Waals surface area contributed by atoms with Gasteiger partial charge in [0.2, 0.25) is 0 Å². The predicted octanol–water partition coefficient (Wildman–Crippen LogP) is 1.36. The average Bonchev–Trinajstić information content (AvgIpc) is 2.76. The molecule has 0 aromatic heterocycles. The van der Waals surface area contributed by atoms with Crippen molar-refractivity contribution in [2.75, 3.05) is 18.9 Å². The normalized spacial score (nSPS) is 24.8.